The van der Waals surface area contributed by atoms with Gasteiger partial charge in [0.05, 0.1) is 17.5 Å². The van der Waals surface area contributed by atoms with Crippen LogP contribution in [0.15, 0.2) is 30.6 Å². The van der Waals surface area contributed by atoms with E-state index in [-0.39, 0.29) is 29.1 Å². The molecule has 2 N–H and O–H groups in total. The number of carbonyl (C=O) groups excluding carboxylic acids is 2. The molecule has 2 aromatic rings. The number of pyridine rings is 1. The lowest BCUT2D eigenvalue weighted by molar-refractivity contribution is -0.0395. The Hall–Kier alpha value is -2.78. The Labute approximate surface area is 182 Å². The van der Waals surface area contributed by atoms with Gasteiger partial charge < -0.3 is 20.1 Å². The van der Waals surface area contributed by atoms with Crippen molar-refractivity contribution in [2.45, 2.75) is 58.3 Å². The van der Waals surface area contributed by atoms with Gasteiger partial charge in [-0.2, -0.15) is 5.10 Å². The van der Waals surface area contributed by atoms with Crippen molar-refractivity contribution >= 4 is 17.5 Å². The maximum absolute atomic E-state index is 12.8. The average molecular weight is 430 g/mol. The van der Waals surface area contributed by atoms with Gasteiger partial charge in [-0.05, 0) is 58.6 Å². The van der Waals surface area contributed by atoms with E-state index in [1.54, 1.807) is 35.3 Å². The van der Waals surface area contributed by atoms with Crippen LogP contribution in [0.1, 0.15) is 73.7 Å². The van der Waals surface area contributed by atoms with Gasteiger partial charge in [-0.3, -0.25) is 14.6 Å². The Bertz CT molecular complexity index is 870. The van der Waals surface area contributed by atoms with Crippen LogP contribution in [-0.2, 0) is 9.47 Å². The van der Waals surface area contributed by atoms with Crippen molar-refractivity contribution in [1.29, 1.82) is 0 Å². The summed E-state index contributed by atoms with van der Waals surface area (Å²) < 4.78 is 13.1. The lowest BCUT2D eigenvalue weighted by Gasteiger charge is -2.22. The Morgan fingerprint density at radius 3 is 2.77 bits per heavy atom. The summed E-state index contributed by atoms with van der Waals surface area (Å²) in [5, 5.41) is 10.0. The summed E-state index contributed by atoms with van der Waals surface area (Å²) in [7, 11) is 0. The van der Waals surface area contributed by atoms with Gasteiger partial charge in [0, 0.05) is 26.0 Å². The maximum Gasteiger partial charge on any atom is 0.274 e. The number of nitrogens with zero attached hydrogens (tertiary/aromatic N) is 3. The zero-order valence-corrected chi connectivity index (χ0v) is 18.4. The molecule has 2 aromatic heterocycles. The molecule has 0 spiro atoms. The van der Waals surface area contributed by atoms with Crippen molar-refractivity contribution in [1.82, 2.24) is 20.1 Å². The van der Waals surface area contributed by atoms with E-state index in [2.05, 4.69) is 20.7 Å². The van der Waals surface area contributed by atoms with Gasteiger partial charge in [-0.25, -0.2) is 4.68 Å². The molecule has 9 nitrogen and oxygen atoms in total. The van der Waals surface area contributed by atoms with Gasteiger partial charge in [0.15, 0.2) is 5.69 Å². The molecule has 1 aliphatic rings. The molecule has 3 rings (SSSR count). The van der Waals surface area contributed by atoms with Gasteiger partial charge in [-0.15, -0.1) is 0 Å². The molecule has 2 amide bonds. The van der Waals surface area contributed by atoms with Crippen molar-refractivity contribution in [2.75, 3.05) is 25.1 Å². The first kappa shape index (κ1) is 22.9. The quantitative estimate of drug-likeness (QED) is 0.624. The monoisotopic (exact) mass is 429 g/mol. The summed E-state index contributed by atoms with van der Waals surface area (Å²) in [5.41, 5.74) is 0.518. The fraction of sp³-hybridized carbons (Fsp3) is 0.545. The SMILES string of the molecule is CC(C)(C)OCCCNC(=O)c1nn(C2CCCCO2)cc1NC(=O)c1ccccn1. The van der Waals surface area contributed by atoms with Crippen LogP contribution in [0.4, 0.5) is 5.69 Å². The highest BCUT2D eigenvalue weighted by Crippen LogP contribution is 2.25. The molecule has 0 radical (unpaired) electrons. The average Bonchev–Trinajstić information content (AvgIpc) is 3.17. The second-order valence-electron chi connectivity index (χ2n) is 8.43. The number of hydrogen-bond donors (Lipinski definition) is 2. The fourth-order valence-electron chi connectivity index (χ4n) is 3.15. The van der Waals surface area contributed by atoms with Crippen LogP contribution in [0.25, 0.3) is 0 Å². The van der Waals surface area contributed by atoms with Crippen molar-refractivity contribution in [3.63, 3.8) is 0 Å². The molecule has 1 aliphatic heterocycles. The number of rotatable bonds is 8. The van der Waals surface area contributed by atoms with E-state index in [1.807, 2.05) is 20.8 Å². The molecule has 3 heterocycles. The van der Waals surface area contributed by atoms with E-state index >= 15 is 0 Å². The van der Waals surface area contributed by atoms with E-state index in [1.165, 1.54) is 0 Å². The Morgan fingerprint density at radius 2 is 2.10 bits per heavy atom. The lowest BCUT2D eigenvalue weighted by atomic mass is 10.2. The largest absolute Gasteiger partial charge is 0.376 e. The molecule has 1 atom stereocenters. The van der Waals surface area contributed by atoms with Crippen LogP contribution in [-0.4, -0.2) is 51.9 Å². The number of carbonyl (C=O) groups is 2. The third kappa shape index (κ3) is 6.86. The van der Waals surface area contributed by atoms with Crippen LogP contribution in [0, 0.1) is 0 Å². The van der Waals surface area contributed by atoms with Crippen LogP contribution >= 0.6 is 0 Å². The Kier molecular flexibility index (Phi) is 7.75. The van der Waals surface area contributed by atoms with Crippen molar-refractivity contribution in [2.24, 2.45) is 0 Å². The third-order valence-corrected chi connectivity index (χ3v) is 4.69. The van der Waals surface area contributed by atoms with Crippen LogP contribution < -0.4 is 10.6 Å². The standard InChI is InChI=1S/C22H31N5O4/c1-22(2,3)31-14-8-12-24-21(29)19-17(25-20(28)16-9-4-6-11-23-16)15-27(26-19)18-10-5-7-13-30-18/h4,6,9,11,15,18H,5,7-8,10,12-14H2,1-3H3,(H,24,29)(H,25,28). The molecular formula is C22H31N5O4. The molecule has 0 aliphatic carbocycles. The second kappa shape index (κ2) is 10.5. The maximum atomic E-state index is 12.8. The van der Waals surface area contributed by atoms with E-state index in [0.29, 0.717) is 31.9 Å². The molecule has 0 aromatic carbocycles. The number of amides is 2. The van der Waals surface area contributed by atoms with E-state index < -0.39 is 5.91 Å². The van der Waals surface area contributed by atoms with Crippen LogP contribution in [0.2, 0.25) is 0 Å². The van der Waals surface area contributed by atoms with Crippen molar-refractivity contribution in [3.8, 4) is 0 Å². The number of anilines is 1. The van der Waals surface area contributed by atoms with Gasteiger partial charge in [0.25, 0.3) is 11.8 Å². The minimum Gasteiger partial charge on any atom is -0.376 e. The molecule has 1 saturated heterocycles. The molecule has 0 bridgehead atoms. The number of aromatic nitrogens is 3. The fourth-order valence-corrected chi connectivity index (χ4v) is 3.15. The third-order valence-electron chi connectivity index (χ3n) is 4.69. The van der Waals surface area contributed by atoms with Crippen LogP contribution in [0.5, 0.6) is 0 Å². The highest BCUT2D eigenvalue weighted by atomic mass is 16.5. The summed E-state index contributed by atoms with van der Waals surface area (Å²) in [6.45, 7) is 7.59. The molecule has 168 valence electrons. The molecule has 9 heteroatoms. The van der Waals surface area contributed by atoms with Gasteiger partial charge in [-0.1, -0.05) is 6.07 Å². The van der Waals surface area contributed by atoms with Gasteiger partial charge in [0.2, 0.25) is 0 Å². The molecular weight excluding hydrogens is 398 g/mol. The summed E-state index contributed by atoms with van der Waals surface area (Å²) in [6, 6.07) is 5.07. The molecule has 1 fully saturated rings. The van der Waals surface area contributed by atoms with E-state index in [0.717, 1.165) is 19.3 Å². The van der Waals surface area contributed by atoms with E-state index in [4.69, 9.17) is 9.47 Å². The topological polar surface area (TPSA) is 107 Å². The van der Waals surface area contributed by atoms with Gasteiger partial charge in [0.1, 0.15) is 11.9 Å². The summed E-state index contributed by atoms with van der Waals surface area (Å²) in [5.74, 6) is -0.765. The number of ether oxygens (including phenoxy) is 2. The zero-order valence-electron chi connectivity index (χ0n) is 18.4. The first-order chi connectivity index (χ1) is 14.8. The minimum absolute atomic E-state index is 0.148. The Balaban J connectivity index is 1.69. The van der Waals surface area contributed by atoms with Crippen LogP contribution in [0.3, 0.4) is 0 Å². The van der Waals surface area contributed by atoms with E-state index in [9.17, 15) is 9.59 Å². The molecule has 0 saturated carbocycles. The molecule has 31 heavy (non-hydrogen) atoms. The van der Waals surface area contributed by atoms with Crippen molar-refractivity contribution in [3.05, 3.63) is 42.0 Å². The summed E-state index contributed by atoms with van der Waals surface area (Å²) >= 11 is 0. The summed E-state index contributed by atoms with van der Waals surface area (Å²) in [4.78, 5) is 29.4. The first-order valence-corrected chi connectivity index (χ1v) is 10.7. The minimum atomic E-state index is -0.405. The number of nitrogens with one attached hydrogen (secondary N) is 2. The highest BCUT2D eigenvalue weighted by Gasteiger charge is 2.24. The van der Waals surface area contributed by atoms with Crippen molar-refractivity contribution < 1.29 is 19.1 Å². The Morgan fingerprint density at radius 1 is 1.26 bits per heavy atom. The smallest absolute Gasteiger partial charge is 0.274 e. The molecule has 1 unspecified atom stereocenters. The highest BCUT2D eigenvalue weighted by molar-refractivity contribution is 6.07. The normalized spacial score (nSPS) is 16.7. The second-order valence-corrected chi connectivity index (χ2v) is 8.43. The predicted molar refractivity (Wildman–Crippen MR) is 116 cm³/mol. The number of hydrogen-bond acceptors (Lipinski definition) is 6. The van der Waals surface area contributed by atoms with Gasteiger partial charge >= 0.3 is 0 Å². The first-order valence-electron chi connectivity index (χ1n) is 10.7. The lowest BCUT2D eigenvalue weighted by Crippen LogP contribution is -2.28. The predicted octanol–water partition coefficient (Wildman–Crippen LogP) is 3.16. The summed E-state index contributed by atoms with van der Waals surface area (Å²) in [6.07, 6.45) is 6.45. The zero-order chi connectivity index (χ0) is 22.3.